The van der Waals surface area contributed by atoms with E-state index >= 15 is 0 Å². The summed E-state index contributed by atoms with van der Waals surface area (Å²) < 4.78 is 13.5. The molecular weight excluding hydrogens is 253 g/mol. The van der Waals surface area contributed by atoms with Crippen LogP contribution in [0.2, 0.25) is 0 Å². The van der Waals surface area contributed by atoms with Crippen molar-refractivity contribution in [1.29, 1.82) is 0 Å². The van der Waals surface area contributed by atoms with Gasteiger partial charge in [0, 0.05) is 11.9 Å². The van der Waals surface area contributed by atoms with Gasteiger partial charge in [-0.25, -0.2) is 14.2 Å². The van der Waals surface area contributed by atoms with E-state index in [2.05, 4.69) is 4.98 Å². The molecule has 1 N–H and O–H groups in total. The van der Waals surface area contributed by atoms with E-state index in [-0.39, 0.29) is 5.56 Å². The molecule has 0 radical (unpaired) electrons. The molecule has 2 aromatic rings. The van der Waals surface area contributed by atoms with Crippen molar-refractivity contribution in [3.63, 3.8) is 0 Å². The van der Waals surface area contributed by atoms with Crippen LogP contribution in [0.5, 0.6) is 0 Å². The van der Waals surface area contributed by atoms with Crippen LogP contribution in [0.3, 0.4) is 0 Å². The van der Waals surface area contributed by atoms with Crippen molar-refractivity contribution in [3.05, 3.63) is 59.5 Å². The minimum absolute atomic E-state index is 0.0908. The van der Waals surface area contributed by atoms with Gasteiger partial charge in [-0.05, 0) is 35.9 Å². The van der Waals surface area contributed by atoms with Crippen LogP contribution in [-0.2, 0) is 5.75 Å². The summed E-state index contributed by atoms with van der Waals surface area (Å²) in [6, 6.07) is 9.26. The zero-order valence-corrected chi connectivity index (χ0v) is 10.2. The lowest BCUT2D eigenvalue weighted by atomic mass is 10.1. The van der Waals surface area contributed by atoms with Crippen LogP contribution in [0.25, 0.3) is 0 Å². The fraction of sp³-hybridized carbons (Fsp3) is 0.0769. The Morgan fingerprint density at radius 1 is 1.33 bits per heavy atom. The number of hydrogen-bond acceptors (Lipinski definition) is 3. The van der Waals surface area contributed by atoms with Gasteiger partial charge in [-0.2, -0.15) is 0 Å². The van der Waals surface area contributed by atoms with E-state index in [9.17, 15) is 9.18 Å². The van der Waals surface area contributed by atoms with Gasteiger partial charge in [-0.15, -0.1) is 11.8 Å². The van der Waals surface area contributed by atoms with E-state index in [1.54, 1.807) is 12.3 Å². The summed E-state index contributed by atoms with van der Waals surface area (Å²) in [6.45, 7) is 0. The Hall–Kier alpha value is -1.88. The van der Waals surface area contributed by atoms with Crippen molar-refractivity contribution in [2.24, 2.45) is 0 Å². The lowest BCUT2D eigenvalue weighted by Gasteiger charge is -2.04. The molecule has 0 unspecified atom stereocenters. The third-order valence-electron chi connectivity index (χ3n) is 2.31. The fourth-order valence-corrected chi connectivity index (χ4v) is 2.24. The number of halogens is 1. The van der Waals surface area contributed by atoms with Gasteiger partial charge in [0.25, 0.3) is 0 Å². The third kappa shape index (κ3) is 3.07. The zero-order valence-electron chi connectivity index (χ0n) is 9.34. The lowest BCUT2D eigenvalue weighted by molar-refractivity contribution is 0.0696. The van der Waals surface area contributed by atoms with Crippen LogP contribution < -0.4 is 0 Å². The van der Waals surface area contributed by atoms with E-state index in [1.807, 2.05) is 12.1 Å². The van der Waals surface area contributed by atoms with Gasteiger partial charge in [0.05, 0.1) is 10.6 Å². The molecule has 18 heavy (non-hydrogen) atoms. The Balaban J connectivity index is 2.14. The number of hydrogen-bond donors (Lipinski definition) is 1. The van der Waals surface area contributed by atoms with Crippen LogP contribution in [0.4, 0.5) is 4.39 Å². The fourth-order valence-electron chi connectivity index (χ4n) is 1.40. The third-order valence-corrected chi connectivity index (χ3v) is 3.30. The van der Waals surface area contributed by atoms with Gasteiger partial charge >= 0.3 is 5.97 Å². The SMILES string of the molecule is O=C(O)c1ccc(F)c(CSc2ccccn2)c1. The summed E-state index contributed by atoms with van der Waals surface area (Å²) in [5.41, 5.74) is 0.457. The minimum atomic E-state index is -1.06. The number of aromatic carboxylic acids is 1. The lowest BCUT2D eigenvalue weighted by Crippen LogP contribution is -1.99. The molecule has 0 aliphatic rings. The van der Waals surface area contributed by atoms with Gasteiger partial charge in [0.2, 0.25) is 0 Å². The smallest absolute Gasteiger partial charge is 0.335 e. The number of benzene rings is 1. The highest BCUT2D eigenvalue weighted by Crippen LogP contribution is 2.22. The molecule has 0 amide bonds. The normalized spacial score (nSPS) is 10.3. The molecule has 1 aromatic heterocycles. The van der Waals surface area contributed by atoms with Crippen LogP contribution in [-0.4, -0.2) is 16.1 Å². The molecule has 92 valence electrons. The van der Waals surface area contributed by atoms with E-state index in [0.29, 0.717) is 11.3 Å². The maximum absolute atomic E-state index is 13.5. The Morgan fingerprint density at radius 3 is 2.83 bits per heavy atom. The molecule has 0 spiro atoms. The Labute approximate surface area is 108 Å². The van der Waals surface area contributed by atoms with Crippen molar-refractivity contribution in [3.8, 4) is 0 Å². The van der Waals surface area contributed by atoms with E-state index in [4.69, 9.17) is 5.11 Å². The van der Waals surface area contributed by atoms with Crippen molar-refractivity contribution < 1.29 is 14.3 Å². The van der Waals surface area contributed by atoms with Crippen molar-refractivity contribution >= 4 is 17.7 Å². The first kappa shape index (κ1) is 12.6. The molecule has 0 saturated carbocycles. The molecule has 3 nitrogen and oxygen atoms in total. The van der Waals surface area contributed by atoms with Gasteiger partial charge in [0.1, 0.15) is 5.82 Å². The Kier molecular flexibility index (Phi) is 3.94. The number of thioether (sulfide) groups is 1. The van der Waals surface area contributed by atoms with E-state index in [1.165, 1.54) is 30.0 Å². The average molecular weight is 263 g/mol. The molecule has 2 rings (SSSR count). The minimum Gasteiger partial charge on any atom is -0.478 e. The molecule has 0 bridgehead atoms. The van der Waals surface area contributed by atoms with E-state index < -0.39 is 11.8 Å². The van der Waals surface area contributed by atoms with Gasteiger partial charge in [-0.3, -0.25) is 0 Å². The number of carbonyl (C=O) groups is 1. The summed E-state index contributed by atoms with van der Waals surface area (Å²) in [5.74, 6) is -1.10. The topological polar surface area (TPSA) is 50.2 Å². The van der Waals surface area contributed by atoms with Crippen LogP contribution in [0.15, 0.2) is 47.6 Å². The number of pyridine rings is 1. The number of carboxylic acid groups (broad SMARTS) is 1. The predicted octanol–water partition coefficient (Wildman–Crippen LogP) is 3.21. The quantitative estimate of drug-likeness (QED) is 0.860. The van der Waals surface area contributed by atoms with Gasteiger partial charge in [0.15, 0.2) is 0 Å². The van der Waals surface area contributed by atoms with Crippen LogP contribution >= 0.6 is 11.8 Å². The average Bonchev–Trinajstić information content (AvgIpc) is 2.38. The summed E-state index contributed by atoms with van der Waals surface area (Å²) in [5, 5.41) is 9.62. The second-order valence-corrected chi connectivity index (χ2v) is 4.56. The summed E-state index contributed by atoms with van der Waals surface area (Å²) in [4.78, 5) is 14.9. The zero-order chi connectivity index (χ0) is 13.0. The first-order chi connectivity index (χ1) is 8.66. The second-order valence-electron chi connectivity index (χ2n) is 3.57. The molecule has 5 heteroatoms. The highest BCUT2D eigenvalue weighted by atomic mass is 32.2. The second kappa shape index (κ2) is 5.64. The summed E-state index contributed by atoms with van der Waals surface area (Å²) >= 11 is 1.36. The number of rotatable bonds is 4. The first-order valence-corrected chi connectivity index (χ1v) is 6.21. The number of carboxylic acids is 1. The van der Waals surface area contributed by atoms with Crippen LogP contribution in [0.1, 0.15) is 15.9 Å². The highest BCUT2D eigenvalue weighted by molar-refractivity contribution is 7.98. The van der Waals surface area contributed by atoms with Crippen molar-refractivity contribution in [2.45, 2.75) is 10.8 Å². The molecule has 0 aliphatic heterocycles. The molecule has 0 aliphatic carbocycles. The largest absolute Gasteiger partial charge is 0.478 e. The summed E-state index contributed by atoms with van der Waals surface area (Å²) in [7, 11) is 0. The number of nitrogens with zero attached hydrogens (tertiary/aromatic N) is 1. The first-order valence-electron chi connectivity index (χ1n) is 5.22. The van der Waals surface area contributed by atoms with E-state index in [0.717, 1.165) is 5.03 Å². The van der Waals surface area contributed by atoms with Crippen molar-refractivity contribution in [1.82, 2.24) is 4.98 Å². The molecular formula is C13H10FNO2S. The predicted molar refractivity (Wildman–Crippen MR) is 67.2 cm³/mol. The van der Waals surface area contributed by atoms with Gasteiger partial charge < -0.3 is 5.11 Å². The van der Waals surface area contributed by atoms with Crippen LogP contribution in [0, 0.1) is 5.82 Å². The molecule has 1 aromatic carbocycles. The summed E-state index contributed by atoms with van der Waals surface area (Å²) in [6.07, 6.45) is 1.66. The Bertz CT molecular complexity index is 560. The monoisotopic (exact) mass is 263 g/mol. The maximum Gasteiger partial charge on any atom is 0.335 e. The molecule has 0 fully saturated rings. The maximum atomic E-state index is 13.5. The molecule has 1 heterocycles. The number of aromatic nitrogens is 1. The van der Waals surface area contributed by atoms with Crippen molar-refractivity contribution in [2.75, 3.05) is 0 Å². The standard InChI is InChI=1S/C13H10FNO2S/c14-11-5-4-9(13(16)17)7-10(11)8-18-12-3-1-2-6-15-12/h1-7H,8H2,(H,16,17). The Morgan fingerprint density at radius 2 is 2.17 bits per heavy atom. The molecule has 0 atom stereocenters. The van der Waals surface area contributed by atoms with Gasteiger partial charge in [-0.1, -0.05) is 6.07 Å². The highest BCUT2D eigenvalue weighted by Gasteiger charge is 2.08. The molecule has 0 saturated heterocycles.